The highest BCUT2D eigenvalue weighted by Crippen LogP contribution is 2.39. The summed E-state index contributed by atoms with van der Waals surface area (Å²) in [5, 5.41) is 5.06. The van der Waals surface area contributed by atoms with Crippen LogP contribution in [0.1, 0.15) is 18.4 Å². The van der Waals surface area contributed by atoms with Crippen molar-refractivity contribution in [3.05, 3.63) is 242 Å². The average Bonchev–Trinajstić information content (AvgIpc) is 3.65. The zero-order valence-electron chi connectivity index (χ0n) is 33.2. The Morgan fingerprint density at radius 3 is 1.43 bits per heavy atom. The maximum Gasteiger partial charge on any atom is 0.0547 e. The number of fused-ring (bicyclic) bond motifs is 4. The second kappa shape index (κ2) is 15.2. The molecule has 1 aromatic heterocycles. The van der Waals surface area contributed by atoms with Gasteiger partial charge in [-0.1, -0.05) is 170 Å². The molecular formula is C58H42N2. The van der Waals surface area contributed by atoms with Gasteiger partial charge in [0.1, 0.15) is 0 Å². The zero-order valence-corrected chi connectivity index (χ0v) is 33.2. The molecule has 2 nitrogen and oxygen atoms in total. The first-order valence-electron chi connectivity index (χ1n) is 20.9. The summed E-state index contributed by atoms with van der Waals surface area (Å²) in [5.41, 5.74) is 16.9. The van der Waals surface area contributed by atoms with E-state index in [0.717, 1.165) is 29.9 Å². The average molecular weight is 767 g/mol. The van der Waals surface area contributed by atoms with Gasteiger partial charge >= 0.3 is 0 Å². The fraction of sp³-hybridized carbons (Fsp3) is 0.0345. The number of nitrogens with zero attached hydrogens (tertiary/aromatic N) is 2. The van der Waals surface area contributed by atoms with Crippen molar-refractivity contribution in [2.75, 3.05) is 4.90 Å². The standard InChI is InChI=1S/C58H42N2/c1-3-12-41(13-4-1)43-22-24-44(25-23-43)45-26-32-51(33-27-45)59(54-19-11-18-48(38-54)42-14-5-2-6-15-42)52-34-28-46(29-35-52)47-30-36-53(37-31-47)60-57-21-10-9-20-55(57)56-39-49-16-7-8-17-50(49)40-58(56)60/h1-10,12-17,19-40H,11,18H2. The lowest BCUT2D eigenvalue weighted by Gasteiger charge is -2.29. The summed E-state index contributed by atoms with van der Waals surface area (Å²) in [5.74, 6) is 0. The maximum atomic E-state index is 2.41. The van der Waals surface area contributed by atoms with Gasteiger partial charge in [0, 0.05) is 33.5 Å². The van der Waals surface area contributed by atoms with Crippen molar-refractivity contribution in [1.82, 2.24) is 4.57 Å². The summed E-state index contributed by atoms with van der Waals surface area (Å²) in [4.78, 5) is 2.41. The highest BCUT2D eigenvalue weighted by Gasteiger charge is 2.19. The van der Waals surface area contributed by atoms with Gasteiger partial charge in [-0.3, -0.25) is 0 Å². The monoisotopic (exact) mass is 766 g/mol. The lowest BCUT2D eigenvalue weighted by molar-refractivity contribution is 1.01. The Morgan fingerprint density at radius 1 is 0.367 bits per heavy atom. The summed E-state index contributed by atoms with van der Waals surface area (Å²) < 4.78 is 2.40. The van der Waals surface area contributed by atoms with Gasteiger partial charge < -0.3 is 9.47 Å². The van der Waals surface area contributed by atoms with Crippen molar-refractivity contribution in [2.45, 2.75) is 12.8 Å². The minimum Gasteiger partial charge on any atom is -0.311 e. The van der Waals surface area contributed by atoms with Crippen LogP contribution in [0.5, 0.6) is 0 Å². The van der Waals surface area contributed by atoms with E-state index < -0.39 is 0 Å². The molecule has 9 aromatic carbocycles. The van der Waals surface area contributed by atoms with E-state index in [1.54, 1.807) is 0 Å². The molecule has 0 radical (unpaired) electrons. The number of para-hydroxylation sites is 1. The number of anilines is 2. The van der Waals surface area contributed by atoms with Crippen LogP contribution in [0.25, 0.3) is 77.2 Å². The van der Waals surface area contributed by atoms with Gasteiger partial charge in [-0.25, -0.2) is 0 Å². The SMILES string of the molecule is C1=C(c2ccccc2)CCC=C1N(c1ccc(-c2ccc(-c3ccccc3)cc2)cc1)c1ccc(-c2ccc(-n3c4ccccc4c4cc5ccccc5cc43)cc2)cc1. The van der Waals surface area contributed by atoms with Crippen LogP contribution in [0.15, 0.2) is 236 Å². The van der Waals surface area contributed by atoms with Crippen LogP contribution in [0.3, 0.4) is 0 Å². The number of hydrogen-bond acceptors (Lipinski definition) is 1. The van der Waals surface area contributed by atoms with E-state index >= 15 is 0 Å². The first-order valence-corrected chi connectivity index (χ1v) is 20.9. The van der Waals surface area contributed by atoms with Crippen molar-refractivity contribution >= 4 is 49.5 Å². The number of rotatable bonds is 8. The molecule has 2 heteroatoms. The van der Waals surface area contributed by atoms with Gasteiger partial charge in [0.15, 0.2) is 0 Å². The van der Waals surface area contributed by atoms with Crippen molar-refractivity contribution in [3.8, 4) is 39.1 Å². The molecule has 1 aliphatic carbocycles. The minimum atomic E-state index is 0.991. The van der Waals surface area contributed by atoms with Crippen molar-refractivity contribution < 1.29 is 0 Å². The first-order chi connectivity index (χ1) is 29.7. The molecule has 0 saturated carbocycles. The number of hydrogen-bond donors (Lipinski definition) is 0. The third-order valence-corrected chi connectivity index (χ3v) is 12.1. The quantitative estimate of drug-likeness (QED) is 0.150. The molecule has 0 atom stereocenters. The van der Waals surface area contributed by atoms with Crippen LogP contribution in [0.2, 0.25) is 0 Å². The highest BCUT2D eigenvalue weighted by atomic mass is 15.1. The molecule has 0 amide bonds. The maximum absolute atomic E-state index is 2.41. The molecule has 10 aromatic rings. The van der Waals surface area contributed by atoms with E-state index in [4.69, 9.17) is 0 Å². The molecule has 0 aliphatic heterocycles. The summed E-state index contributed by atoms with van der Waals surface area (Å²) in [7, 11) is 0. The molecule has 0 spiro atoms. The van der Waals surface area contributed by atoms with Crippen LogP contribution in [0.4, 0.5) is 11.4 Å². The van der Waals surface area contributed by atoms with Crippen LogP contribution < -0.4 is 4.90 Å². The van der Waals surface area contributed by atoms with Gasteiger partial charge in [0.25, 0.3) is 0 Å². The molecular weight excluding hydrogens is 725 g/mol. The van der Waals surface area contributed by atoms with Gasteiger partial charge in [-0.15, -0.1) is 0 Å². The Labute approximate surface area is 351 Å². The van der Waals surface area contributed by atoms with Crippen LogP contribution in [-0.4, -0.2) is 4.57 Å². The predicted octanol–water partition coefficient (Wildman–Crippen LogP) is 15.8. The van der Waals surface area contributed by atoms with E-state index in [2.05, 4.69) is 240 Å². The van der Waals surface area contributed by atoms with Crippen molar-refractivity contribution in [2.24, 2.45) is 0 Å². The molecule has 1 heterocycles. The Bertz CT molecular complexity index is 3190. The summed E-state index contributed by atoms with van der Waals surface area (Å²) >= 11 is 0. The lowest BCUT2D eigenvalue weighted by atomic mass is 9.95. The Morgan fingerprint density at radius 2 is 0.833 bits per heavy atom. The van der Waals surface area contributed by atoms with Gasteiger partial charge in [0.05, 0.1) is 11.0 Å². The molecule has 0 unspecified atom stereocenters. The van der Waals surface area contributed by atoms with Crippen LogP contribution >= 0.6 is 0 Å². The number of allylic oxidation sites excluding steroid dienone is 3. The molecule has 1 aliphatic rings. The minimum absolute atomic E-state index is 0.991. The normalized spacial score (nSPS) is 12.7. The highest BCUT2D eigenvalue weighted by molar-refractivity contribution is 6.13. The van der Waals surface area contributed by atoms with Gasteiger partial charge in [-0.05, 0) is 129 Å². The number of benzene rings is 9. The lowest BCUT2D eigenvalue weighted by Crippen LogP contribution is -2.17. The Balaban J connectivity index is 0.923. The summed E-state index contributed by atoms with van der Waals surface area (Å²) in [6, 6.07) is 79.4. The predicted molar refractivity (Wildman–Crippen MR) is 255 cm³/mol. The van der Waals surface area contributed by atoms with E-state index in [1.807, 2.05) is 0 Å². The van der Waals surface area contributed by atoms with Gasteiger partial charge in [-0.2, -0.15) is 0 Å². The molecule has 0 fully saturated rings. The van der Waals surface area contributed by atoms with E-state index in [9.17, 15) is 0 Å². The number of aromatic nitrogens is 1. The third kappa shape index (κ3) is 6.59. The fourth-order valence-electron chi connectivity index (χ4n) is 9.00. The third-order valence-electron chi connectivity index (χ3n) is 12.1. The first kappa shape index (κ1) is 35.5. The van der Waals surface area contributed by atoms with E-state index in [0.29, 0.717) is 0 Å². The topological polar surface area (TPSA) is 8.17 Å². The fourth-order valence-corrected chi connectivity index (χ4v) is 9.00. The van der Waals surface area contributed by atoms with Gasteiger partial charge in [0.2, 0.25) is 0 Å². The zero-order chi connectivity index (χ0) is 39.8. The van der Waals surface area contributed by atoms with Crippen LogP contribution in [0, 0.1) is 0 Å². The molecule has 0 N–H and O–H groups in total. The molecule has 0 saturated heterocycles. The molecule has 11 rings (SSSR count). The smallest absolute Gasteiger partial charge is 0.0547 e. The van der Waals surface area contributed by atoms with Crippen molar-refractivity contribution in [1.29, 1.82) is 0 Å². The Kier molecular flexibility index (Phi) is 9.02. The molecule has 284 valence electrons. The van der Waals surface area contributed by atoms with E-state index in [1.165, 1.54) is 82.8 Å². The summed E-state index contributed by atoms with van der Waals surface area (Å²) in [6.45, 7) is 0. The second-order valence-electron chi connectivity index (χ2n) is 15.7. The van der Waals surface area contributed by atoms with E-state index in [-0.39, 0.29) is 0 Å². The Hall–Kier alpha value is -7.68. The second-order valence-corrected chi connectivity index (χ2v) is 15.7. The molecule has 60 heavy (non-hydrogen) atoms. The van der Waals surface area contributed by atoms with Crippen molar-refractivity contribution in [3.63, 3.8) is 0 Å². The van der Waals surface area contributed by atoms with Crippen LogP contribution in [-0.2, 0) is 0 Å². The summed E-state index contributed by atoms with van der Waals surface area (Å²) in [6.07, 6.45) is 6.77. The largest absolute Gasteiger partial charge is 0.311 e. The molecule has 0 bridgehead atoms.